The zero-order valence-electron chi connectivity index (χ0n) is 12.7. The second kappa shape index (κ2) is 5.79. The van der Waals surface area contributed by atoms with E-state index in [4.69, 9.17) is 0 Å². The van der Waals surface area contributed by atoms with Gasteiger partial charge in [0.15, 0.2) is 11.6 Å². The van der Waals surface area contributed by atoms with E-state index in [1.807, 2.05) is 32.0 Å². The minimum Gasteiger partial charge on any atom is -0.324 e. The number of nitrogens with one attached hydrogen (secondary N) is 1. The standard InChI is InChI=1S/C17H15F2N3O/c1-10-3-4-14(11(2)5-10)21-17(23)8-22-9-20-15-6-12(18)13(19)7-16(15)22/h3-7,9H,8H2,1-2H3,(H,21,23). The van der Waals surface area contributed by atoms with Crippen molar-refractivity contribution in [1.29, 1.82) is 0 Å². The van der Waals surface area contributed by atoms with Crippen LogP contribution in [0.4, 0.5) is 14.5 Å². The third-order valence-corrected chi connectivity index (χ3v) is 3.63. The Bertz CT molecular complexity index is 902. The lowest BCUT2D eigenvalue weighted by atomic mass is 10.1. The van der Waals surface area contributed by atoms with Crippen LogP contribution in [0, 0.1) is 25.5 Å². The molecule has 1 heterocycles. The van der Waals surface area contributed by atoms with Crippen molar-refractivity contribution in [2.24, 2.45) is 0 Å². The molecule has 0 saturated heterocycles. The van der Waals surface area contributed by atoms with Gasteiger partial charge in [-0.05, 0) is 25.5 Å². The lowest BCUT2D eigenvalue weighted by molar-refractivity contribution is -0.116. The Kier molecular flexibility index (Phi) is 3.82. The van der Waals surface area contributed by atoms with Crippen LogP contribution >= 0.6 is 0 Å². The summed E-state index contributed by atoms with van der Waals surface area (Å²) < 4.78 is 28.0. The zero-order valence-corrected chi connectivity index (χ0v) is 12.7. The van der Waals surface area contributed by atoms with E-state index in [0.717, 1.165) is 28.9 Å². The van der Waals surface area contributed by atoms with Gasteiger partial charge < -0.3 is 9.88 Å². The molecule has 0 atom stereocenters. The van der Waals surface area contributed by atoms with Crippen molar-refractivity contribution in [1.82, 2.24) is 9.55 Å². The van der Waals surface area contributed by atoms with Crippen LogP contribution in [0.1, 0.15) is 11.1 Å². The van der Waals surface area contributed by atoms with Gasteiger partial charge in [-0.15, -0.1) is 0 Å². The van der Waals surface area contributed by atoms with E-state index in [1.165, 1.54) is 10.9 Å². The predicted octanol–water partition coefficient (Wildman–Crippen LogP) is 3.57. The lowest BCUT2D eigenvalue weighted by Crippen LogP contribution is -2.18. The summed E-state index contributed by atoms with van der Waals surface area (Å²) in [5.41, 5.74) is 3.48. The Hall–Kier alpha value is -2.76. The number of fused-ring (bicyclic) bond motifs is 1. The van der Waals surface area contributed by atoms with Gasteiger partial charge in [0, 0.05) is 17.8 Å². The molecule has 3 aromatic rings. The quantitative estimate of drug-likeness (QED) is 0.803. The number of halogens is 2. The molecule has 3 rings (SSSR count). The second-order valence-electron chi connectivity index (χ2n) is 5.49. The van der Waals surface area contributed by atoms with Crippen molar-refractivity contribution >= 4 is 22.6 Å². The third-order valence-electron chi connectivity index (χ3n) is 3.63. The van der Waals surface area contributed by atoms with Crippen molar-refractivity contribution in [2.75, 3.05) is 5.32 Å². The molecular formula is C17H15F2N3O. The normalized spacial score (nSPS) is 11.0. The topological polar surface area (TPSA) is 46.9 Å². The molecule has 0 fully saturated rings. The Balaban J connectivity index is 1.81. The molecule has 1 amide bonds. The molecule has 0 spiro atoms. The molecule has 0 unspecified atom stereocenters. The molecule has 1 N–H and O–H groups in total. The average molecular weight is 315 g/mol. The van der Waals surface area contributed by atoms with Crippen LogP contribution in [-0.2, 0) is 11.3 Å². The Morgan fingerprint density at radius 2 is 1.91 bits per heavy atom. The molecule has 0 aliphatic rings. The molecule has 23 heavy (non-hydrogen) atoms. The van der Waals surface area contributed by atoms with E-state index < -0.39 is 11.6 Å². The van der Waals surface area contributed by atoms with E-state index >= 15 is 0 Å². The van der Waals surface area contributed by atoms with E-state index in [0.29, 0.717) is 11.0 Å². The van der Waals surface area contributed by atoms with Crippen molar-refractivity contribution in [3.05, 3.63) is 59.4 Å². The van der Waals surface area contributed by atoms with Crippen LogP contribution in [0.15, 0.2) is 36.7 Å². The molecule has 1 aromatic heterocycles. The van der Waals surface area contributed by atoms with Crippen molar-refractivity contribution in [3.8, 4) is 0 Å². The summed E-state index contributed by atoms with van der Waals surface area (Å²) in [5, 5.41) is 2.81. The van der Waals surface area contributed by atoms with Crippen molar-refractivity contribution in [3.63, 3.8) is 0 Å². The summed E-state index contributed by atoms with van der Waals surface area (Å²) in [5.74, 6) is -2.18. The fraction of sp³-hybridized carbons (Fsp3) is 0.176. The van der Waals surface area contributed by atoms with Gasteiger partial charge in [0.2, 0.25) is 5.91 Å². The van der Waals surface area contributed by atoms with Crippen LogP contribution in [0.2, 0.25) is 0 Å². The number of aryl methyl sites for hydroxylation is 2. The zero-order chi connectivity index (χ0) is 16.6. The number of aromatic nitrogens is 2. The van der Waals surface area contributed by atoms with E-state index in [9.17, 15) is 13.6 Å². The third kappa shape index (κ3) is 3.06. The van der Waals surface area contributed by atoms with Crippen LogP contribution < -0.4 is 5.32 Å². The minimum atomic E-state index is -0.964. The second-order valence-corrected chi connectivity index (χ2v) is 5.49. The number of carbonyl (C=O) groups is 1. The first-order valence-corrected chi connectivity index (χ1v) is 7.11. The predicted molar refractivity (Wildman–Crippen MR) is 84.2 cm³/mol. The van der Waals surface area contributed by atoms with Gasteiger partial charge >= 0.3 is 0 Å². The highest BCUT2D eigenvalue weighted by molar-refractivity contribution is 5.92. The number of amides is 1. The minimum absolute atomic E-state index is 0.0328. The maximum Gasteiger partial charge on any atom is 0.244 e. The summed E-state index contributed by atoms with van der Waals surface area (Å²) in [4.78, 5) is 16.2. The highest BCUT2D eigenvalue weighted by Crippen LogP contribution is 2.19. The number of nitrogens with zero attached hydrogens (tertiary/aromatic N) is 2. The maximum absolute atomic E-state index is 13.4. The molecule has 2 aromatic carbocycles. The number of rotatable bonds is 3. The molecule has 0 radical (unpaired) electrons. The average Bonchev–Trinajstić information content (AvgIpc) is 2.85. The first-order chi connectivity index (χ1) is 10.9. The first kappa shape index (κ1) is 15.1. The van der Waals surface area contributed by atoms with Crippen LogP contribution in [-0.4, -0.2) is 15.5 Å². The number of anilines is 1. The van der Waals surface area contributed by atoms with Gasteiger partial charge in [-0.25, -0.2) is 13.8 Å². The van der Waals surface area contributed by atoms with Crippen molar-refractivity contribution in [2.45, 2.75) is 20.4 Å². The number of hydrogen-bond donors (Lipinski definition) is 1. The lowest BCUT2D eigenvalue weighted by Gasteiger charge is -2.10. The number of benzene rings is 2. The van der Waals surface area contributed by atoms with Crippen LogP contribution in [0.3, 0.4) is 0 Å². The van der Waals surface area contributed by atoms with Gasteiger partial charge in [-0.1, -0.05) is 17.7 Å². The Labute approximate surface area is 131 Å². The van der Waals surface area contributed by atoms with Gasteiger partial charge in [-0.3, -0.25) is 4.79 Å². The molecule has 0 aliphatic heterocycles. The number of hydrogen-bond acceptors (Lipinski definition) is 2. The summed E-state index contributed by atoms with van der Waals surface area (Å²) in [7, 11) is 0. The first-order valence-electron chi connectivity index (χ1n) is 7.11. The molecule has 118 valence electrons. The van der Waals surface area contributed by atoms with Gasteiger partial charge in [-0.2, -0.15) is 0 Å². The van der Waals surface area contributed by atoms with E-state index in [-0.39, 0.29) is 12.5 Å². The summed E-state index contributed by atoms with van der Waals surface area (Å²) in [6.45, 7) is 3.85. The van der Waals surface area contributed by atoms with E-state index in [2.05, 4.69) is 10.3 Å². The summed E-state index contributed by atoms with van der Waals surface area (Å²) in [6, 6.07) is 7.78. The SMILES string of the molecule is Cc1ccc(NC(=O)Cn2cnc3cc(F)c(F)cc32)c(C)c1. The highest BCUT2D eigenvalue weighted by Gasteiger charge is 2.12. The highest BCUT2D eigenvalue weighted by atomic mass is 19.2. The molecular weight excluding hydrogens is 300 g/mol. The van der Waals surface area contributed by atoms with E-state index in [1.54, 1.807) is 0 Å². The fourth-order valence-electron chi connectivity index (χ4n) is 2.48. The number of imidazole rings is 1. The summed E-state index contributed by atoms with van der Waals surface area (Å²) >= 11 is 0. The summed E-state index contributed by atoms with van der Waals surface area (Å²) in [6.07, 6.45) is 1.39. The largest absolute Gasteiger partial charge is 0.324 e. The monoisotopic (exact) mass is 315 g/mol. The molecule has 0 aliphatic carbocycles. The molecule has 6 heteroatoms. The Morgan fingerprint density at radius 1 is 1.17 bits per heavy atom. The molecule has 4 nitrogen and oxygen atoms in total. The maximum atomic E-state index is 13.4. The molecule has 0 bridgehead atoms. The van der Waals surface area contributed by atoms with Crippen molar-refractivity contribution < 1.29 is 13.6 Å². The van der Waals surface area contributed by atoms with Gasteiger partial charge in [0.1, 0.15) is 6.54 Å². The Morgan fingerprint density at radius 3 is 2.65 bits per heavy atom. The smallest absolute Gasteiger partial charge is 0.244 e. The van der Waals surface area contributed by atoms with Gasteiger partial charge in [0.25, 0.3) is 0 Å². The van der Waals surface area contributed by atoms with Crippen LogP contribution in [0.5, 0.6) is 0 Å². The van der Waals surface area contributed by atoms with Gasteiger partial charge in [0.05, 0.1) is 17.4 Å². The van der Waals surface area contributed by atoms with Crippen LogP contribution in [0.25, 0.3) is 11.0 Å². The fourth-order valence-corrected chi connectivity index (χ4v) is 2.48. The number of carbonyl (C=O) groups excluding carboxylic acids is 1. The molecule has 0 saturated carbocycles.